The molecule has 158 valence electrons. The van der Waals surface area contributed by atoms with Gasteiger partial charge >= 0.3 is 6.18 Å². The molecule has 0 bridgehead atoms. The Labute approximate surface area is 167 Å². The molecule has 0 saturated carbocycles. The van der Waals surface area contributed by atoms with Gasteiger partial charge in [-0.05, 0) is 43.1 Å². The van der Waals surface area contributed by atoms with Crippen LogP contribution in [0.2, 0.25) is 0 Å². The monoisotopic (exact) mass is 430 g/mol. The van der Waals surface area contributed by atoms with Crippen LogP contribution in [0.25, 0.3) is 11.1 Å². The fourth-order valence-corrected chi connectivity index (χ4v) is 5.54. The molecule has 0 aliphatic carbocycles. The van der Waals surface area contributed by atoms with E-state index in [1.807, 2.05) is 0 Å². The highest BCUT2D eigenvalue weighted by atomic mass is 32.2. The summed E-state index contributed by atoms with van der Waals surface area (Å²) in [5, 5.41) is 3.01. The van der Waals surface area contributed by atoms with E-state index in [0.29, 0.717) is 28.5 Å². The van der Waals surface area contributed by atoms with Crippen molar-refractivity contribution in [2.24, 2.45) is 0 Å². The maximum Gasteiger partial charge on any atom is 0.402 e. The predicted octanol–water partition coefficient (Wildman–Crippen LogP) is 4.13. The topological polar surface area (TPSA) is 49.4 Å². The Morgan fingerprint density at radius 3 is 2.24 bits per heavy atom. The molecule has 1 aliphatic rings. The van der Waals surface area contributed by atoms with Gasteiger partial charge in [0.25, 0.3) is 0 Å². The van der Waals surface area contributed by atoms with Gasteiger partial charge in [-0.25, -0.2) is 12.8 Å². The van der Waals surface area contributed by atoms with Crippen LogP contribution in [0.3, 0.4) is 0 Å². The summed E-state index contributed by atoms with van der Waals surface area (Å²) in [7, 11) is -4.56. The van der Waals surface area contributed by atoms with Crippen LogP contribution in [0.15, 0.2) is 53.4 Å². The van der Waals surface area contributed by atoms with Crippen molar-refractivity contribution in [2.45, 2.75) is 36.6 Å². The van der Waals surface area contributed by atoms with Crippen LogP contribution < -0.4 is 5.32 Å². The maximum absolute atomic E-state index is 14.0. The van der Waals surface area contributed by atoms with Gasteiger partial charge in [-0.3, -0.25) is 0 Å². The first-order chi connectivity index (χ1) is 13.7. The van der Waals surface area contributed by atoms with E-state index in [-0.39, 0.29) is 18.4 Å². The molecule has 0 unspecified atom stereocenters. The van der Waals surface area contributed by atoms with E-state index in [2.05, 4.69) is 5.32 Å². The molecule has 2 aromatic rings. The lowest BCUT2D eigenvalue weighted by Gasteiger charge is -2.34. The van der Waals surface area contributed by atoms with Gasteiger partial charge in [0.2, 0.25) is 10.0 Å². The lowest BCUT2D eigenvalue weighted by Crippen LogP contribution is -2.49. The maximum atomic E-state index is 14.0. The van der Waals surface area contributed by atoms with E-state index in [9.17, 15) is 26.0 Å². The largest absolute Gasteiger partial charge is 0.402 e. The molecular weight excluding hydrogens is 408 g/mol. The Morgan fingerprint density at radius 1 is 1.00 bits per heavy atom. The molecule has 1 heterocycles. The standard InChI is InChI=1S/C20H22F4N2O2S/c21-13-18-17(15-5-2-1-3-6-15)7-4-8-19(18)29(27,28)26(14-20(22,23)24)16-9-11-25-12-10-16/h1-8,16,25H,9-14H2. The zero-order chi connectivity index (χ0) is 21.1. The third kappa shape index (κ3) is 4.96. The average molecular weight is 430 g/mol. The summed E-state index contributed by atoms with van der Waals surface area (Å²) < 4.78 is 80.8. The predicted molar refractivity (Wildman–Crippen MR) is 103 cm³/mol. The number of nitrogens with zero attached hydrogens (tertiary/aromatic N) is 1. The Balaban J connectivity index is 2.10. The average Bonchev–Trinajstić information content (AvgIpc) is 2.72. The van der Waals surface area contributed by atoms with Gasteiger partial charge in [-0.1, -0.05) is 42.5 Å². The molecule has 1 saturated heterocycles. The number of hydrogen-bond acceptors (Lipinski definition) is 3. The molecule has 9 heteroatoms. The van der Waals surface area contributed by atoms with Crippen LogP contribution in [0.5, 0.6) is 0 Å². The Hall–Kier alpha value is -1.97. The minimum absolute atomic E-state index is 0.125. The number of sulfonamides is 1. The van der Waals surface area contributed by atoms with Gasteiger partial charge in [0, 0.05) is 11.6 Å². The van der Waals surface area contributed by atoms with E-state index >= 15 is 0 Å². The van der Waals surface area contributed by atoms with Gasteiger partial charge in [0.15, 0.2) is 0 Å². The van der Waals surface area contributed by atoms with Crippen molar-refractivity contribution < 1.29 is 26.0 Å². The third-order valence-corrected chi connectivity index (χ3v) is 6.97. The minimum Gasteiger partial charge on any atom is -0.317 e. The zero-order valence-electron chi connectivity index (χ0n) is 15.6. The molecule has 0 aromatic heterocycles. The number of halogens is 4. The summed E-state index contributed by atoms with van der Waals surface area (Å²) in [6.07, 6.45) is -4.18. The Kier molecular flexibility index (Phi) is 6.60. The van der Waals surface area contributed by atoms with Gasteiger partial charge in [-0.2, -0.15) is 17.5 Å². The third-order valence-electron chi connectivity index (χ3n) is 4.99. The quantitative estimate of drug-likeness (QED) is 0.702. The van der Waals surface area contributed by atoms with E-state index in [1.54, 1.807) is 36.4 Å². The molecule has 29 heavy (non-hydrogen) atoms. The fraction of sp³-hybridized carbons (Fsp3) is 0.400. The first-order valence-corrected chi connectivity index (χ1v) is 10.7. The number of benzene rings is 2. The van der Waals surface area contributed by atoms with Gasteiger partial charge in [-0.15, -0.1) is 0 Å². The van der Waals surface area contributed by atoms with Crippen LogP contribution in [0, 0.1) is 0 Å². The van der Waals surface area contributed by atoms with Crippen LogP contribution in [0.1, 0.15) is 18.4 Å². The van der Waals surface area contributed by atoms with E-state index in [1.165, 1.54) is 12.1 Å². The second kappa shape index (κ2) is 8.81. The van der Waals surface area contributed by atoms with Crippen molar-refractivity contribution in [3.63, 3.8) is 0 Å². The van der Waals surface area contributed by atoms with Crippen molar-refractivity contribution in [1.29, 1.82) is 0 Å². The summed E-state index contributed by atoms with van der Waals surface area (Å²) in [4.78, 5) is -0.413. The lowest BCUT2D eigenvalue weighted by molar-refractivity contribution is -0.140. The minimum atomic E-state index is -4.70. The first-order valence-electron chi connectivity index (χ1n) is 9.26. The van der Waals surface area contributed by atoms with E-state index in [0.717, 1.165) is 0 Å². The molecular formula is C20H22F4N2O2S. The molecule has 0 atom stereocenters. The summed E-state index contributed by atoms with van der Waals surface area (Å²) >= 11 is 0. The highest BCUT2D eigenvalue weighted by Gasteiger charge is 2.42. The molecule has 0 radical (unpaired) electrons. The van der Waals surface area contributed by atoms with Crippen molar-refractivity contribution in [3.8, 4) is 11.1 Å². The molecule has 3 rings (SSSR count). The van der Waals surface area contributed by atoms with Crippen LogP contribution >= 0.6 is 0 Å². The van der Waals surface area contributed by atoms with Crippen LogP contribution in [0.4, 0.5) is 17.6 Å². The zero-order valence-corrected chi connectivity index (χ0v) is 16.4. The smallest absolute Gasteiger partial charge is 0.317 e. The SMILES string of the molecule is O=S(=O)(c1cccc(-c2ccccc2)c1CF)N(CC(F)(F)F)C1CCNCC1. The molecule has 4 nitrogen and oxygen atoms in total. The van der Waals surface area contributed by atoms with Crippen molar-refractivity contribution >= 4 is 10.0 Å². The first kappa shape index (κ1) is 21.7. The highest BCUT2D eigenvalue weighted by molar-refractivity contribution is 7.89. The van der Waals surface area contributed by atoms with Crippen molar-refractivity contribution in [3.05, 3.63) is 54.1 Å². The second-order valence-corrected chi connectivity index (χ2v) is 8.79. The number of alkyl halides is 4. The number of nitrogens with one attached hydrogen (secondary N) is 1. The lowest BCUT2D eigenvalue weighted by atomic mass is 10.0. The summed E-state index contributed by atoms with van der Waals surface area (Å²) in [6.45, 7) is -1.85. The van der Waals surface area contributed by atoms with Gasteiger partial charge in [0.1, 0.15) is 13.2 Å². The van der Waals surface area contributed by atoms with Gasteiger partial charge in [0.05, 0.1) is 4.90 Å². The normalized spacial score (nSPS) is 16.3. The summed E-state index contributed by atoms with van der Waals surface area (Å²) in [5.74, 6) is 0. The van der Waals surface area contributed by atoms with Gasteiger partial charge < -0.3 is 5.32 Å². The van der Waals surface area contributed by atoms with Crippen LogP contribution in [-0.4, -0.2) is 44.6 Å². The number of rotatable bonds is 6. The number of hydrogen-bond donors (Lipinski definition) is 1. The summed E-state index contributed by atoms with van der Waals surface area (Å²) in [6, 6.07) is 12.0. The van der Waals surface area contributed by atoms with Crippen LogP contribution in [-0.2, 0) is 16.7 Å². The highest BCUT2D eigenvalue weighted by Crippen LogP contribution is 2.34. The fourth-order valence-electron chi connectivity index (χ4n) is 3.64. The number of piperidine rings is 1. The van der Waals surface area contributed by atoms with E-state index < -0.39 is 40.4 Å². The van der Waals surface area contributed by atoms with E-state index in [4.69, 9.17) is 0 Å². The Bertz CT molecular complexity index is 927. The second-order valence-electron chi connectivity index (χ2n) is 6.93. The summed E-state index contributed by atoms with van der Waals surface area (Å²) in [5.41, 5.74) is 0.827. The Morgan fingerprint density at radius 2 is 1.66 bits per heavy atom. The molecule has 0 amide bonds. The molecule has 1 N–H and O–H groups in total. The van der Waals surface area contributed by atoms with Crippen molar-refractivity contribution in [1.82, 2.24) is 9.62 Å². The molecule has 0 spiro atoms. The molecule has 2 aromatic carbocycles. The molecule has 1 fully saturated rings. The van der Waals surface area contributed by atoms with Crippen molar-refractivity contribution in [2.75, 3.05) is 19.6 Å². The molecule has 1 aliphatic heterocycles.